The van der Waals surface area contributed by atoms with Crippen LogP contribution < -0.4 is 10.1 Å². The number of methoxy groups -OCH3 is 1. The van der Waals surface area contributed by atoms with Crippen LogP contribution in [0.25, 0.3) is 0 Å². The molecule has 2 aromatic rings. The Labute approximate surface area is 105 Å². The summed E-state index contributed by atoms with van der Waals surface area (Å²) in [5, 5.41) is 3.76. The maximum absolute atomic E-state index is 5.71. The molecule has 0 aliphatic rings. The predicted molar refractivity (Wildman–Crippen MR) is 69.6 cm³/mol. The molecule has 0 saturated heterocycles. The van der Waals surface area contributed by atoms with Gasteiger partial charge in [-0.05, 0) is 29.8 Å². The van der Waals surface area contributed by atoms with Crippen molar-refractivity contribution in [3.05, 3.63) is 53.3 Å². The van der Waals surface area contributed by atoms with Crippen LogP contribution >= 0.6 is 11.6 Å². The van der Waals surface area contributed by atoms with Crippen molar-refractivity contribution in [1.29, 1.82) is 0 Å². The predicted octanol–water partition coefficient (Wildman–Crippen LogP) is 3.36. The zero-order chi connectivity index (χ0) is 12.1. The highest BCUT2D eigenvalue weighted by atomic mass is 35.5. The largest absolute Gasteiger partial charge is 0.497 e. The van der Waals surface area contributed by atoms with E-state index in [-0.39, 0.29) is 0 Å². The number of rotatable bonds is 4. The molecule has 1 N–H and O–H groups in total. The van der Waals surface area contributed by atoms with Crippen molar-refractivity contribution in [1.82, 2.24) is 4.98 Å². The molecule has 0 unspecified atom stereocenters. The summed E-state index contributed by atoms with van der Waals surface area (Å²) in [5.41, 5.74) is 2.09. The molecule has 2 rings (SSSR count). The lowest BCUT2D eigenvalue weighted by atomic mass is 10.2. The maximum atomic E-state index is 5.71. The van der Waals surface area contributed by atoms with Gasteiger partial charge < -0.3 is 10.1 Å². The number of anilines is 1. The Morgan fingerprint density at radius 3 is 2.88 bits per heavy atom. The van der Waals surface area contributed by atoms with Gasteiger partial charge in [0.05, 0.1) is 19.0 Å². The van der Waals surface area contributed by atoms with Crippen molar-refractivity contribution in [2.75, 3.05) is 12.4 Å². The van der Waals surface area contributed by atoms with Gasteiger partial charge in [0.25, 0.3) is 0 Å². The first kappa shape index (κ1) is 11.7. The number of benzene rings is 1. The van der Waals surface area contributed by atoms with Crippen LogP contribution in [-0.4, -0.2) is 12.1 Å². The molecule has 1 aromatic carbocycles. The van der Waals surface area contributed by atoms with Crippen LogP contribution in [0.4, 0.5) is 5.69 Å². The molecule has 0 radical (unpaired) electrons. The lowest BCUT2D eigenvalue weighted by Crippen LogP contribution is -1.99. The van der Waals surface area contributed by atoms with Crippen LogP contribution in [0.5, 0.6) is 5.75 Å². The lowest BCUT2D eigenvalue weighted by molar-refractivity contribution is 0.414. The summed E-state index contributed by atoms with van der Waals surface area (Å²) in [4.78, 5) is 4.00. The Hall–Kier alpha value is -1.74. The smallest absolute Gasteiger partial charge is 0.129 e. The number of aromatic nitrogens is 1. The van der Waals surface area contributed by atoms with E-state index in [1.165, 1.54) is 0 Å². The third-order valence-electron chi connectivity index (χ3n) is 2.36. The minimum Gasteiger partial charge on any atom is -0.497 e. The van der Waals surface area contributed by atoms with E-state index in [1.54, 1.807) is 19.4 Å². The Balaban J connectivity index is 1.99. The molecular formula is C13H13ClN2O. The van der Waals surface area contributed by atoms with Gasteiger partial charge in [-0.15, -0.1) is 0 Å². The molecule has 0 fully saturated rings. The Bertz CT molecular complexity index is 485. The van der Waals surface area contributed by atoms with Gasteiger partial charge in [-0.25, -0.2) is 4.98 Å². The summed E-state index contributed by atoms with van der Waals surface area (Å²) in [6, 6.07) is 11.6. The van der Waals surface area contributed by atoms with E-state index >= 15 is 0 Å². The quantitative estimate of drug-likeness (QED) is 0.843. The average molecular weight is 249 g/mol. The number of nitrogens with one attached hydrogen (secondary N) is 1. The van der Waals surface area contributed by atoms with Crippen molar-refractivity contribution in [2.24, 2.45) is 0 Å². The van der Waals surface area contributed by atoms with Gasteiger partial charge >= 0.3 is 0 Å². The van der Waals surface area contributed by atoms with Gasteiger partial charge in [-0.2, -0.15) is 0 Å². The van der Waals surface area contributed by atoms with Crippen LogP contribution in [0, 0.1) is 0 Å². The number of ether oxygens (including phenoxy) is 1. The fourth-order valence-electron chi connectivity index (χ4n) is 1.47. The summed E-state index contributed by atoms with van der Waals surface area (Å²) in [6.07, 6.45) is 1.71. The van der Waals surface area contributed by atoms with E-state index in [0.29, 0.717) is 5.15 Å². The van der Waals surface area contributed by atoms with Crippen LogP contribution in [-0.2, 0) is 6.54 Å². The van der Waals surface area contributed by atoms with Gasteiger partial charge in [-0.1, -0.05) is 23.7 Å². The minimum absolute atomic E-state index is 0.497. The average Bonchev–Trinajstić information content (AvgIpc) is 2.38. The van der Waals surface area contributed by atoms with Crippen molar-refractivity contribution in [2.45, 2.75) is 6.54 Å². The molecule has 4 heteroatoms. The Morgan fingerprint density at radius 1 is 1.29 bits per heavy atom. The van der Waals surface area contributed by atoms with Gasteiger partial charge in [-0.3, -0.25) is 0 Å². The molecule has 3 nitrogen and oxygen atoms in total. The molecule has 0 aliphatic heterocycles. The molecule has 17 heavy (non-hydrogen) atoms. The normalized spacial score (nSPS) is 10.0. The summed E-state index contributed by atoms with van der Waals surface area (Å²) < 4.78 is 5.17. The van der Waals surface area contributed by atoms with Gasteiger partial charge in [0.1, 0.15) is 10.9 Å². The Kier molecular flexibility index (Phi) is 3.83. The molecular weight excluding hydrogens is 236 g/mol. The molecule has 0 spiro atoms. The summed E-state index contributed by atoms with van der Waals surface area (Å²) >= 11 is 5.71. The number of halogens is 1. The zero-order valence-electron chi connectivity index (χ0n) is 9.48. The standard InChI is InChI=1S/C13H13ClN2O/c1-17-12-4-2-3-10(7-12)8-15-11-5-6-13(14)16-9-11/h2-7,9,15H,8H2,1H3. The van der Waals surface area contributed by atoms with Crippen LogP contribution in [0.1, 0.15) is 5.56 Å². The lowest BCUT2D eigenvalue weighted by Gasteiger charge is -2.07. The molecule has 1 heterocycles. The second-order valence-electron chi connectivity index (χ2n) is 3.57. The fraction of sp³-hybridized carbons (Fsp3) is 0.154. The molecule has 0 amide bonds. The first-order valence-electron chi connectivity index (χ1n) is 5.26. The third kappa shape index (κ3) is 3.36. The van der Waals surface area contributed by atoms with Gasteiger partial charge in [0.15, 0.2) is 0 Å². The van der Waals surface area contributed by atoms with E-state index in [0.717, 1.165) is 23.5 Å². The topological polar surface area (TPSA) is 34.1 Å². The second kappa shape index (κ2) is 5.55. The third-order valence-corrected chi connectivity index (χ3v) is 2.58. The van der Waals surface area contributed by atoms with Crippen molar-refractivity contribution >= 4 is 17.3 Å². The number of hydrogen-bond acceptors (Lipinski definition) is 3. The van der Waals surface area contributed by atoms with Crippen LogP contribution in [0.3, 0.4) is 0 Å². The molecule has 0 atom stereocenters. The molecule has 0 saturated carbocycles. The summed E-state index contributed by atoms with van der Waals surface area (Å²) in [6.45, 7) is 0.723. The van der Waals surface area contributed by atoms with E-state index < -0.39 is 0 Å². The van der Waals surface area contributed by atoms with E-state index in [1.807, 2.05) is 30.3 Å². The van der Waals surface area contributed by atoms with Crippen molar-refractivity contribution in [3.8, 4) is 5.75 Å². The SMILES string of the molecule is COc1cccc(CNc2ccc(Cl)nc2)c1. The first-order valence-corrected chi connectivity index (χ1v) is 5.64. The highest BCUT2D eigenvalue weighted by molar-refractivity contribution is 6.29. The molecule has 0 aliphatic carbocycles. The van der Waals surface area contributed by atoms with Crippen molar-refractivity contribution in [3.63, 3.8) is 0 Å². The fourth-order valence-corrected chi connectivity index (χ4v) is 1.58. The van der Waals surface area contributed by atoms with Crippen LogP contribution in [0.15, 0.2) is 42.6 Å². The molecule has 1 aromatic heterocycles. The highest BCUT2D eigenvalue weighted by Crippen LogP contribution is 2.15. The van der Waals surface area contributed by atoms with E-state index in [2.05, 4.69) is 10.3 Å². The number of pyridine rings is 1. The highest BCUT2D eigenvalue weighted by Gasteiger charge is 1.97. The van der Waals surface area contributed by atoms with Gasteiger partial charge in [0, 0.05) is 6.54 Å². The van der Waals surface area contributed by atoms with Crippen molar-refractivity contribution < 1.29 is 4.74 Å². The molecule has 0 bridgehead atoms. The second-order valence-corrected chi connectivity index (χ2v) is 3.96. The minimum atomic E-state index is 0.497. The van der Waals surface area contributed by atoms with Gasteiger partial charge in [0.2, 0.25) is 0 Å². The molecule has 88 valence electrons. The van der Waals surface area contributed by atoms with Crippen LogP contribution in [0.2, 0.25) is 5.15 Å². The van der Waals surface area contributed by atoms with E-state index in [9.17, 15) is 0 Å². The maximum Gasteiger partial charge on any atom is 0.129 e. The number of hydrogen-bond donors (Lipinski definition) is 1. The first-order chi connectivity index (χ1) is 8.28. The zero-order valence-corrected chi connectivity index (χ0v) is 10.2. The monoisotopic (exact) mass is 248 g/mol. The number of nitrogens with zero attached hydrogens (tertiary/aromatic N) is 1. The summed E-state index contributed by atoms with van der Waals surface area (Å²) in [5.74, 6) is 0.860. The summed E-state index contributed by atoms with van der Waals surface area (Å²) in [7, 11) is 1.66. The Morgan fingerprint density at radius 2 is 2.18 bits per heavy atom. The van der Waals surface area contributed by atoms with E-state index in [4.69, 9.17) is 16.3 Å².